The molecule has 0 bridgehead atoms. The largest absolute Gasteiger partial charge is 0.387 e. The summed E-state index contributed by atoms with van der Waals surface area (Å²) >= 11 is 0. The van der Waals surface area contributed by atoms with Gasteiger partial charge >= 0.3 is 0 Å². The molecule has 0 aliphatic heterocycles. The van der Waals surface area contributed by atoms with Crippen molar-refractivity contribution in [1.82, 2.24) is 0 Å². The van der Waals surface area contributed by atoms with Gasteiger partial charge < -0.3 is 5.11 Å². The Morgan fingerprint density at radius 3 is 2.11 bits per heavy atom. The van der Waals surface area contributed by atoms with Crippen molar-refractivity contribution in [3.8, 4) is 0 Å². The summed E-state index contributed by atoms with van der Waals surface area (Å²) in [5.41, 5.74) is 3.48. The fourth-order valence-corrected chi connectivity index (χ4v) is 2.69. The van der Waals surface area contributed by atoms with Crippen molar-refractivity contribution < 1.29 is 5.11 Å². The van der Waals surface area contributed by atoms with Crippen molar-refractivity contribution in [2.75, 3.05) is 0 Å². The molecule has 2 aromatic rings. The lowest BCUT2D eigenvalue weighted by atomic mass is 9.86. The molecule has 1 aliphatic carbocycles. The standard InChI is InChI=1S/C17H18O/c1-13-7-9-14(10-8-13)16(18)17(11-12-17)15-5-3-2-4-6-15/h2-10,16,18H,11-12H2,1H3. The fourth-order valence-electron chi connectivity index (χ4n) is 2.69. The molecule has 0 spiro atoms. The van der Waals surface area contributed by atoms with E-state index in [1.807, 2.05) is 18.2 Å². The first-order valence-corrected chi connectivity index (χ1v) is 6.52. The maximum Gasteiger partial charge on any atom is 0.0886 e. The molecule has 18 heavy (non-hydrogen) atoms. The highest BCUT2D eigenvalue weighted by molar-refractivity contribution is 5.37. The van der Waals surface area contributed by atoms with E-state index in [0.29, 0.717) is 0 Å². The molecule has 1 atom stereocenters. The van der Waals surface area contributed by atoms with Crippen LogP contribution in [0.2, 0.25) is 0 Å². The SMILES string of the molecule is Cc1ccc(C(O)C2(c3ccccc3)CC2)cc1. The summed E-state index contributed by atoms with van der Waals surface area (Å²) in [7, 11) is 0. The van der Waals surface area contributed by atoms with E-state index < -0.39 is 0 Å². The van der Waals surface area contributed by atoms with Crippen LogP contribution in [0.15, 0.2) is 54.6 Å². The van der Waals surface area contributed by atoms with Crippen molar-refractivity contribution in [1.29, 1.82) is 0 Å². The van der Waals surface area contributed by atoms with Crippen LogP contribution in [-0.2, 0) is 5.41 Å². The van der Waals surface area contributed by atoms with Crippen LogP contribution in [-0.4, -0.2) is 5.11 Å². The Balaban J connectivity index is 1.93. The number of benzene rings is 2. The van der Waals surface area contributed by atoms with Crippen LogP contribution in [0.5, 0.6) is 0 Å². The molecule has 1 saturated carbocycles. The number of aryl methyl sites for hydroxylation is 1. The predicted octanol–water partition coefficient (Wildman–Crippen LogP) is 3.76. The second-order valence-corrected chi connectivity index (χ2v) is 5.34. The van der Waals surface area contributed by atoms with Crippen LogP contribution in [0.3, 0.4) is 0 Å². The zero-order chi connectivity index (χ0) is 12.6. The Hall–Kier alpha value is -1.60. The van der Waals surface area contributed by atoms with Crippen LogP contribution in [0.25, 0.3) is 0 Å². The van der Waals surface area contributed by atoms with Gasteiger partial charge in [0.05, 0.1) is 6.10 Å². The lowest BCUT2D eigenvalue weighted by Crippen LogP contribution is -2.18. The zero-order valence-electron chi connectivity index (χ0n) is 10.6. The second kappa shape index (κ2) is 4.25. The smallest absolute Gasteiger partial charge is 0.0886 e. The summed E-state index contributed by atoms with van der Waals surface area (Å²) in [6, 6.07) is 18.6. The van der Waals surface area contributed by atoms with Crippen molar-refractivity contribution in [3.05, 3.63) is 71.3 Å². The van der Waals surface area contributed by atoms with E-state index in [2.05, 4.69) is 43.3 Å². The highest BCUT2D eigenvalue weighted by Crippen LogP contribution is 2.56. The number of aliphatic hydroxyl groups is 1. The van der Waals surface area contributed by atoms with Gasteiger partial charge in [-0.25, -0.2) is 0 Å². The third-order valence-corrected chi connectivity index (χ3v) is 4.05. The lowest BCUT2D eigenvalue weighted by molar-refractivity contribution is 0.133. The van der Waals surface area contributed by atoms with E-state index in [4.69, 9.17) is 0 Å². The summed E-state index contributed by atoms with van der Waals surface area (Å²) in [5, 5.41) is 10.7. The molecule has 3 rings (SSSR count). The Morgan fingerprint density at radius 1 is 0.944 bits per heavy atom. The van der Waals surface area contributed by atoms with Crippen molar-refractivity contribution in [2.24, 2.45) is 0 Å². The second-order valence-electron chi connectivity index (χ2n) is 5.34. The number of aliphatic hydroxyl groups excluding tert-OH is 1. The Bertz CT molecular complexity index is 523. The normalized spacial score (nSPS) is 18.3. The highest BCUT2D eigenvalue weighted by atomic mass is 16.3. The Kier molecular flexibility index (Phi) is 2.71. The summed E-state index contributed by atoms with van der Waals surface area (Å²) in [6.07, 6.45) is 1.76. The molecule has 1 fully saturated rings. The average molecular weight is 238 g/mol. The van der Waals surface area contributed by atoms with Gasteiger partial charge in [-0.2, -0.15) is 0 Å². The minimum Gasteiger partial charge on any atom is -0.387 e. The molecule has 1 N–H and O–H groups in total. The molecule has 0 radical (unpaired) electrons. The van der Waals surface area contributed by atoms with E-state index in [0.717, 1.165) is 18.4 Å². The molecular weight excluding hydrogens is 220 g/mol. The van der Waals surface area contributed by atoms with E-state index in [1.165, 1.54) is 11.1 Å². The molecule has 0 aromatic heterocycles. The summed E-state index contributed by atoms with van der Waals surface area (Å²) in [4.78, 5) is 0. The molecule has 2 aromatic carbocycles. The van der Waals surface area contributed by atoms with Crippen LogP contribution in [0, 0.1) is 6.92 Å². The van der Waals surface area contributed by atoms with Gasteiger partial charge in [0.15, 0.2) is 0 Å². The van der Waals surface area contributed by atoms with Gasteiger partial charge in [-0.1, -0.05) is 60.2 Å². The molecule has 0 heterocycles. The van der Waals surface area contributed by atoms with Crippen molar-refractivity contribution in [3.63, 3.8) is 0 Å². The van der Waals surface area contributed by atoms with E-state index in [-0.39, 0.29) is 11.5 Å². The quantitative estimate of drug-likeness (QED) is 0.863. The minimum absolute atomic E-state index is 0.0451. The molecule has 92 valence electrons. The van der Waals surface area contributed by atoms with Gasteiger partial charge in [0.2, 0.25) is 0 Å². The topological polar surface area (TPSA) is 20.2 Å². The van der Waals surface area contributed by atoms with Crippen molar-refractivity contribution in [2.45, 2.75) is 31.3 Å². The maximum absolute atomic E-state index is 10.7. The third kappa shape index (κ3) is 1.85. The average Bonchev–Trinajstić information content (AvgIpc) is 3.21. The number of rotatable bonds is 3. The molecule has 1 nitrogen and oxygen atoms in total. The van der Waals surface area contributed by atoms with E-state index in [1.54, 1.807) is 0 Å². The van der Waals surface area contributed by atoms with Gasteiger partial charge in [0.1, 0.15) is 0 Å². The molecular formula is C17H18O. The number of hydrogen-bond acceptors (Lipinski definition) is 1. The molecule has 1 heteroatoms. The van der Waals surface area contributed by atoms with Crippen LogP contribution in [0.4, 0.5) is 0 Å². The highest BCUT2D eigenvalue weighted by Gasteiger charge is 2.50. The first kappa shape index (κ1) is 11.5. The Labute approximate surface area is 108 Å². The summed E-state index contributed by atoms with van der Waals surface area (Å²) < 4.78 is 0. The van der Waals surface area contributed by atoms with E-state index >= 15 is 0 Å². The molecule has 1 aliphatic rings. The van der Waals surface area contributed by atoms with Crippen molar-refractivity contribution >= 4 is 0 Å². The van der Waals surface area contributed by atoms with Crippen LogP contribution >= 0.6 is 0 Å². The fraction of sp³-hybridized carbons (Fsp3) is 0.294. The van der Waals surface area contributed by atoms with Gasteiger partial charge in [-0.3, -0.25) is 0 Å². The molecule has 1 unspecified atom stereocenters. The van der Waals surface area contributed by atoms with Crippen LogP contribution in [0.1, 0.15) is 35.6 Å². The minimum atomic E-state index is -0.388. The lowest BCUT2D eigenvalue weighted by Gasteiger charge is -2.23. The monoisotopic (exact) mass is 238 g/mol. The zero-order valence-corrected chi connectivity index (χ0v) is 10.6. The first-order chi connectivity index (χ1) is 8.72. The maximum atomic E-state index is 10.7. The number of hydrogen-bond donors (Lipinski definition) is 1. The van der Waals surface area contributed by atoms with Crippen LogP contribution < -0.4 is 0 Å². The van der Waals surface area contributed by atoms with Gasteiger partial charge in [0.25, 0.3) is 0 Å². The summed E-state index contributed by atoms with van der Waals surface area (Å²) in [5.74, 6) is 0. The van der Waals surface area contributed by atoms with Gasteiger partial charge in [0, 0.05) is 5.41 Å². The summed E-state index contributed by atoms with van der Waals surface area (Å²) in [6.45, 7) is 2.07. The van der Waals surface area contributed by atoms with Gasteiger partial charge in [-0.15, -0.1) is 0 Å². The Morgan fingerprint density at radius 2 is 1.56 bits per heavy atom. The molecule has 0 saturated heterocycles. The van der Waals surface area contributed by atoms with Gasteiger partial charge in [-0.05, 0) is 30.9 Å². The van der Waals surface area contributed by atoms with E-state index in [9.17, 15) is 5.11 Å². The first-order valence-electron chi connectivity index (χ1n) is 6.52. The molecule has 0 amide bonds. The predicted molar refractivity (Wildman–Crippen MR) is 73.5 cm³/mol. The third-order valence-electron chi connectivity index (χ3n) is 4.05.